The van der Waals surface area contributed by atoms with Gasteiger partial charge in [-0.1, -0.05) is 12.1 Å². The van der Waals surface area contributed by atoms with Gasteiger partial charge in [-0.15, -0.1) is 0 Å². The fourth-order valence-electron chi connectivity index (χ4n) is 2.14. The van der Waals surface area contributed by atoms with E-state index in [1.807, 2.05) is 0 Å². The number of aryl methyl sites for hydroxylation is 1. The molecule has 0 saturated heterocycles. The molecule has 21 heavy (non-hydrogen) atoms. The van der Waals surface area contributed by atoms with Crippen molar-refractivity contribution in [3.8, 4) is 0 Å². The summed E-state index contributed by atoms with van der Waals surface area (Å²) < 4.78 is 19.2. The molecule has 0 fully saturated rings. The summed E-state index contributed by atoms with van der Waals surface area (Å²) in [5.74, 6) is -0.875. The smallest absolute Gasteiger partial charge is 0.291 e. The molecule has 4 nitrogen and oxygen atoms in total. The molecule has 3 rings (SSSR count). The molecule has 0 spiro atoms. The first kappa shape index (κ1) is 13.2. The number of para-hydroxylation sites is 1. The fraction of sp³-hybridized carbons (Fsp3) is 0.0625. The lowest BCUT2D eigenvalue weighted by Crippen LogP contribution is -2.13. The van der Waals surface area contributed by atoms with Gasteiger partial charge in [-0.3, -0.25) is 4.79 Å². The van der Waals surface area contributed by atoms with Crippen LogP contribution in [0, 0.1) is 12.7 Å². The summed E-state index contributed by atoms with van der Waals surface area (Å²) in [6.45, 7) is 1.72. The highest BCUT2D eigenvalue weighted by molar-refractivity contribution is 6.05. The highest BCUT2D eigenvalue weighted by atomic mass is 19.1. The van der Waals surface area contributed by atoms with Crippen LogP contribution in [-0.2, 0) is 0 Å². The first-order chi connectivity index (χ1) is 10.0. The number of carbonyl (C=O) groups is 1. The summed E-state index contributed by atoms with van der Waals surface area (Å²) in [5, 5.41) is 3.26. The zero-order chi connectivity index (χ0) is 15.0. The zero-order valence-corrected chi connectivity index (χ0v) is 11.3. The molecule has 0 saturated carbocycles. The molecule has 0 atom stereocenters. The predicted molar refractivity (Wildman–Crippen MR) is 79.7 cm³/mol. The van der Waals surface area contributed by atoms with Gasteiger partial charge in [-0.05, 0) is 42.8 Å². The van der Waals surface area contributed by atoms with E-state index in [9.17, 15) is 9.18 Å². The van der Waals surface area contributed by atoms with Crippen LogP contribution in [0.25, 0.3) is 11.0 Å². The molecule has 5 heteroatoms. The van der Waals surface area contributed by atoms with Gasteiger partial charge in [0.15, 0.2) is 5.76 Å². The van der Waals surface area contributed by atoms with Crippen molar-refractivity contribution in [1.82, 2.24) is 0 Å². The van der Waals surface area contributed by atoms with E-state index >= 15 is 0 Å². The van der Waals surface area contributed by atoms with E-state index in [1.54, 1.807) is 43.3 Å². The van der Waals surface area contributed by atoms with E-state index in [4.69, 9.17) is 10.2 Å². The van der Waals surface area contributed by atoms with Crippen LogP contribution in [0.2, 0.25) is 0 Å². The van der Waals surface area contributed by atoms with Gasteiger partial charge in [-0.2, -0.15) is 0 Å². The van der Waals surface area contributed by atoms with Gasteiger partial charge in [0.05, 0.1) is 5.69 Å². The molecular formula is C16H13FN2O2. The number of rotatable bonds is 2. The second-order valence-electron chi connectivity index (χ2n) is 4.79. The Morgan fingerprint density at radius 1 is 1.24 bits per heavy atom. The summed E-state index contributed by atoms with van der Waals surface area (Å²) in [5.41, 5.74) is 7.62. The first-order valence-electron chi connectivity index (χ1n) is 6.40. The Hall–Kier alpha value is -2.82. The number of halogens is 1. The SMILES string of the molecule is Cc1cccc(F)c1NC(=O)c1cc2cc(N)ccc2o1. The molecule has 0 bridgehead atoms. The van der Waals surface area contributed by atoms with Crippen molar-refractivity contribution < 1.29 is 13.6 Å². The second kappa shape index (κ2) is 4.94. The summed E-state index contributed by atoms with van der Waals surface area (Å²) in [7, 11) is 0. The molecule has 1 aromatic heterocycles. The Bertz CT molecular complexity index is 819. The third-order valence-corrected chi connectivity index (χ3v) is 3.22. The Balaban J connectivity index is 1.94. The zero-order valence-electron chi connectivity index (χ0n) is 11.3. The van der Waals surface area contributed by atoms with Gasteiger partial charge in [0.2, 0.25) is 0 Å². The first-order valence-corrected chi connectivity index (χ1v) is 6.40. The van der Waals surface area contributed by atoms with Crippen LogP contribution in [0.3, 0.4) is 0 Å². The Morgan fingerprint density at radius 2 is 2.05 bits per heavy atom. The van der Waals surface area contributed by atoms with E-state index in [1.165, 1.54) is 6.07 Å². The third kappa shape index (κ3) is 2.45. The normalized spacial score (nSPS) is 10.8. The molecule has 3 aromatic rings. The molecule has 0 aliphatic heterocycles. The number of furan rings is 1. The van der Waals surface area contributed by atoms with Gasteiger partial charge in [0.25, 0.3) is 5.91 Å². The topological polar surface area (TPSA) is 68.3 Å². The van der Waals surface area contributed by atoms with Crippen molar-refractivity contribution in [1.29, 1.82) is 0 Å². The largest absolute Gasteiger partial charge is 0.451 e. The minimum atomic E-state index is -0.502. The Morgan fingerprint density at radius 3 is 2.81 bits per heavy atom. The van der Waals surface area contributed by atoms with Crippen molar-refractivity contribution in [2.75, 3.05) is 11.1 Å². The number of fused-ring (bicyclic) bond motifs is 1. The van der Waals surface area contributed by atoms with Crippen LogP contribution in [0.1, 0.15) is 16.1 Å². The number of hydrogen-bond donors (Lipinski definition) is 2. The van der Waals surface area contributed by atoms with Gasteiger partial charge in [0.1, 0.15) is 11.4 Å². The molecule has 2 aromatic carbocycles. The number of amides is 1. The number of nitrogens with two attached hydrogens (primary N) is 1. The maximum absolute atomic E-state index is 13.7. The summed E-state index contributed by atoms with van der Waals surface area (Å²) >= 11 is 0. The summed E-state index contributed by atoms with van der Waals surface area (Å²) in [4.78, 5) is 12.2. The van der Waals surface area contributed by atoms with Crippen LogP contribution in [0.4, 0.5) is 15.8 Å². The highest BCUT2D eigenvalue weighted by Gasteiger charge is 2.15. The predicted octanol–water partition coefficient (Wildman–Crippen LogP) is 3.71. The monoisotopic (exact) mass is 284 g/mol. The maximum atomic E-state index is 13.7. The van der Waals surface area contributed by atoms with Crippen LogP contribution < -0.4 is 11.1 Å². The molecule has 3 N–H and O–H groups in total. The van der Waals surface area contributed by atoms with Crippen LogP contribution in [0.15, 0.2) is 46.9 Å². The number of anilines is 2. The van der Waals surface area contributed by atoms with Gasteiger partial charge in [0, 0.05) is 11.1 Å². The number of hydrogen-bond acceptors (Lipinski definition) is 3. The van der Waals surface area contributed by atoms with Crippen LogP contribution in [-0.4, -0.2) is 5.91 Å². The standard InChI is InChI=1S/C16H13FN2O2/c1-9-3-2-4-12(17)15(9)19-16(20)14-8-10-7-11(18)5-6-13(10)21-14/h2-8H,18H2,1H3,(H,19,20). The quantitative estimate of drug-likeness (QED) is 0.705. The van der Waals surface area contributed by atoms with Crippen molar-refractivity contribution >= 4 is 28.3 Å². The highest BCUT2D eigenvalue weighted by Crippen LogP contribution is 2.24. The molecule has 1 amide bonds. The van der Waals surface area contributed by atoms with E-state index in [0.717, 1.165) is 5.39 Å². The minimum absolute atomic E-state index is 0.109. The maximum Gasteiger partial charge on any atom is 0.291 e. The average Bonchev–Trinajstić information content (AvgIpc) is 2.86. The van der Waals surface area contributed by atoms with Crippen molar-refractivity contribution in [3.05, 3.63) is 59.6 Å². The van der Waals surface area contributed by atoms with E-state index in [0.29, 0.717) is 16.8 Å². The number of nitrogen functional groups attached to an aromatic ring is 1. The van der Waals surface area contributed by atoms with Crippen molar-refractivity contribution in [2.45, 2.75) is 6.92 Å². The molecular weight excluding hydrogens is 271 g/mol. The average molecular weight is 284 g/mol. The number of nitrogens with one attached hydrogen (secondary N) is 1. The lowest BCUT2D eigenvalue weighted by molar-refractivity contribution is 0.0998. The summed E-state index contributed by atoms with van der Waals surface area (Å²) in [6, 6.07) is 11.3. The minimum Gasteiger partial charge on any atom is -0.451 e. The molecule has 0 aliphatic rings. The van der Waals surface area contributed by atoms with Gasteiger partial charge < -0.3 is 15.5 Å². The Labute approximate surface area is 120 Å². The molecule has 0 aliphatic carbocycles. The van der Waals surface area contributed by atoms with E-state index in [2.05, 4.69) is 5.32 Å². The van der Waals surface area contributed by atoms with E-state index < -0.39 is 11.7 Å². The van der Waals surface area contributed by atoms with Crippen molar-refractivity contribution in [3.63, 3.8) is 0 Å². The number of benzene rings is 2. The van der Waals surface area contributed by atoms with E-state index in [-0.39, 0.29) is 11.4 Å². The lowest BCUT2D eigenvalue weighted by atomic mass is 10.2. The second-order valence-corrected chi connectivity index (χ2v) is 4.79. The fourth-order valence-corrected chi connectivity index (χ4v) is 2.14. The third-order valence-electron chi connectivity index (χ3n) is 3.22. The number of carbonyl (C=O) groups excluding carboxylic acids is 1. The molecule has 0 unspecified atom stereocenters. The Kier molecular flexibility index (Phi) is 3.10. The molecule has 1 heterocycles. The van der Waals surface area contributed by atoms with Crippen LogP contribution >= 0.6 is 0 Å². The van der Waals surface area contributed by atoms with Crippen LogP contribution in [0.5, 0.6) is 0 Å². The summed E-state index contributed by atoms with van der Waals surface area (Å²) in [6.07, 6.45) is 0. The van der Waals surface area contributed by atoms with Crippen molar-refractivity contribution in [2.24, 2.45) is 0 Å². The van der Waals surface area contributed by atoms with Gasteiger partial charge >= 0.3 is 0 Å². The molecule has 0 radical (unpaired) electrons. The molecule has 106 valence electrons. The lowest BCUT2D eigenvalue weighted by Gasteiger charge is -2.07. The van der Waals surface area contributed by atoms with Gasteiger partial charge in [-0.25, -0.2) is 4.39 Å².